The maximum absolute atomic E-state index is 12.8. The van der Waals surface area contributed by atoms with E-state index >= 15 is 0 Å². The van der Waals surface area contributed by atoms with Gasteiger partial charge in [0.1, 0.15) is 0 Å². The molecule has 15 heteroatoms. The zero-order valence-corrected chi connectivity index (χ0v) is 14.0. The number of carbonyl (C=O) groups excluding carboxylic acids is 1. The fraction of sp³-hybridized carbons (Fsp3) is 0.727. The van der Waals surface area contributed by atoms with Crippen molar-refractivity contribution in [3.63, 3.8) is 0 Å². The van der Waals surface area contributed by atoms with Gasteiger partial charge in [0.15, 0.2) is 0 Å². The van der Waals surface area contributed by atoms with Gasteiger partial charge < -0.3 is 4.74 Å². The molecule has 0 fully saturated rings. The second-order valence-corrected chi connectivity index (χ2v) is 5.93. The number of nitrogens with one attached hydrogen (secondary N) is 1. The van der Waals surface area contributed by atoms with Crippen molar-refractivity contribution in [2.24, 2.45) is 0 Å². The molecule has 0 aromatic rings. The molecule has 0 saturated heterocycles. The molecule has 26 heavy (non-hydrogen) atoms. The van der Waals surface area contributed by atoms with Gasteiger partial charge in [0, 0.05) is 12.6 Å². The minimum Gasteiger partial charge on any atom is -0.463 e. The fourth-order valence-electron chi connectivity index (χ4n) is 1.01. The van der Waals surface area contributed by atoms with E-state index in [1.807, 2.05) is 0 Å². The van der Waals surface area contributed by atoms with Crippen LogP contribution in [0.3, 0.4) is 0 Å². The third-order valence-electron chi connectivity index (χ3n) is 2.24. The van der Waals surface area contributed by atoms with Crippen molar-refractivity contribution in [1.82, 2.24) is 4.72 Å². The molecule has 5 nitrogen and oxygen atoms in total. The highest BCUT2D eigenvalue weighted by Gasteiger charge is 2.85. The van der Waals surface area contributed by atoms with Gasteiger partial charge in [-0.2, -0.15) is 39.5 Å². The summed E-state index contributed by atoms with van der Waals surface area (Å²) in [4.78, 5) is 10.1. The Morgan fingerprint density at radius 1 is 1.00 bits per heavy atom. The Hall–Kier alpha value is -1.51. The van der Waals surface area contributed by atoms with E-state index in [2.05, 4.69) is 11.3 Å². The molecule has 0 aliphatic heterocycles. The van der Waals surface area contributed by atoms with E-state index in [1.165, 1.54) is 0 Å². The van der Waals surface area contributed by atoms with Crippen LogP contribution >= 0.6 is 0 Å². The number of esters is 1. The van der Waals surface area contributed by atoms with E-state index < -0.39 is 39.8 Å². The van der Waals surface area contributed by atoms with Gasteiger partial charge in [-0.15, -0.1) is 0 Å². The second kappa shape index (κ2) is 8.92. The van der Waals surface area contributed by atoms with Crippen LogP contribution in [0.15, 0.2) is 12.7 Å². The van der Waals surface area contributed by atoms with Crippen molar-refractivity contribution in [2.75, 3.05) is 13.2 Å². The predicted octanol–water partition coefficient (Wildman–Crippen LogP) is 3.09. The number of rotatable bonds is 7. The Morgan fingerprint density at radius 2 is 1.42 bits per heavy atom. The van der Waals surface area contributed by atoms with Crippen molar-refractivity contribution < 1.29 is 57.5 Å². The number of carbonyl (C=O) groups is 1. The predicted molar refractivity (Wildman–Crippen MR) is 70.3 cm³/mol. The molecule has 0 radical (unpaired) electrons. The van der Waals surface area contributed by atoms with Crippen molar-refractivity contribution in [1.29, 1.82) is 0 Å². The number of hydrogen-bond donors (Lipinski definition) is 1. The van der Waals surface area contributed by atoms with E-state index in [0.717, 1.165) is 17.7 Å². The highest BCUT2D eigenvalue weighted by molar-refractivity contribution is 7.90. The van der Waals surface area contributed by atoms with E-state index in [-0.39, 0.29) is 5.97 Å². The first kappa shape index (κ1) is 26.7. The molecule has 0 aliphatic rings. The van der Waals surface area contributed by atoms with Gasteiger partial charge in [0.25, 0.3) is 10.0 Å². The zero-order chi connectivity index (χ0) is 21.6. The molecule has 0 spiro atoms. The summed E-state index contributed by atoms with van der Waals surface area (Å²) in [5, 5.41) is -6.66. The van der Waals surface area contributed by atoms with Crippen LogP contribution in [0.2, 0.25) is 0 Å². The average molecular weight is 427 g/mol. The number of sulfonamides is 1. The summed E-state index contributed by atoms with van der Waals surface area (Å²) < 4.78 is 137. The SMILES string of the molecule is C=CC(=O)OCC.CCNS(=O)(=O)C(F)(F)C(F)(F)C(F)(F)C(F)(F)F. The summed E-state index contributed by atoms with van der Waals surface area (Å²) in [6, 6.07) is 0. The summed E-state index contributed by atoms with van der Waals surface area (Å²) in [5.41, 5.74) is 0. The minimum absolute atomic E-state index is 0.359. The molecular weight excluding hydrogens is 413 g/mol. The van der Waals surface area contributed by atoms with Crippen LogP contribution in [0.1, 0.15) is 13.8 Å². The van der Waals surface area contributed by atoms with Crippen LogP contribution in [-0.4, -0.2) is 50.8 Å². The Kier molecular flexibility index (Phi) is 9.17. The Balaban J connectivity index is 0. The lowest BCUT2D eigenvalue weighted by Crippen LogP contribution is -2.64. The Bertz CT molecular complexity index is 587. The molecule has 0 unspecified atom stereocenters. The normalized spacial score (nSPS) is 13.5. The van der Waals surface area contributed by atoms with Crippen LogP contribution in [0.25, 0.3) is 0 Å². The fourth-order valence-corrected chi connectivity index (χ4v) is 2.04. The maximum Gasteiger partial charge on any atom is 0.460 e. The lowest BCUT2D eigenvalue weighted by atomic mass is 10.1. The highest BCUT2D eigenvalue weighted by atomic mass is 32.2. The lowest BCUT2D eigenvalue weighted by molar-refractivity contribution is -0.382. The van der Waals surface area contributed by atoms with Crippen LogP contribution < -0.4 is 4.72 Å². The van der Waals surface area contributed by atoms with Gasteiger partial charge in [0.2, 0.25) is 0 Å². The van der Waals surface area contributed by atoms with Crippen molar-refractivity contribution in [2.45, 2.75) is 37.1 Å². The van der Waals surface area contributed by atoms with Crippen LogP contribution in [0.4, 0.5) is 39.5 Å². The molecule has 0 saturated carbocycles. The standard InChI is InChI=1S/C6H6F9NO2S.C5H8O2/c1-2-16-19(17,18)6(14,15)4(9,10)3(7,8)5(11,12)13;1-3-5(6)7-4-2/h16H,2H2,1H3;3H,1,4H2,2H3. The second-order valence-electron chi connectivity index (χ2n) is 4.12. The Morgan fingerprint density at radius 3 is 1.65 bits per heavy atom. The lowest BCUT2D eigenvalue weighted by Gasteiger charge is -2.32. The van der Waals surface area contributed by atoms with E-state index in [0.29, 0.717) is 6.61 Å². The molecule has 0 aromatic heterocycles. The van der Waals surface area contributed by atoms with Crippen molar-refractivity contribution in [3.05, 3.63) is 12.7 Å². The third-order valence-corrected chi connectivity index (χ3v) is 3.84. The molecule has 156 valence electrons. The van der Waals surface area contributed by atoms with Crippen LogP contribution in [0, 0.1) is 0 Å². The molecule has 1 N–H and O–H groups in total. The Labute approximate surface area is 142 Å². The van der Waals surface area contributed by atoms with E-state index in [4.69, 9.17) is 0 Å². The van der Waals surface area contributed by atoms with Gasteiger partial charge >= 0.3 is 29.2 Å². The zero-order valence-electron chi connectivity index (χ0n) is 13.1. The number of alkyl halides is 9. The topological polar surface area (TPSA) is 72.5 Å². The first-order valence-corrected chi connectivity index (χ1v) is 7.84. The minimum atomic E-state index is -7.23. The molecule has 0 aliphatic carbocycles. The van der Waals surface area contributed by atoms with Crippen LogP contribution in [-0.2, 0) is 19.6 Å². The summed E-state index contributed by atoms with van der Waals surface area (Å²) in [5.74, 6) is -14.8. The summed E-state index contributed by atoms with van der Waals surface area (Å²) in [6.45, 7) is 5.29. The van der Waals surface area contributed by atoms with Crippen molar-refractivity contribution in [3.8, 4) is 0 Å². The molecule has 0 atom stereocenters. The van der Waals surface area contributed by atoms with Gasteiger partial charge in [-0.3, -0.25) is 0 Å². The van der Waals surface area contributed by atoms with Gasteiger partial charge in [-0.1, -0.05) is 13.5 Å². The van der Waals surface area contributed by atoms with Gasteiger partial charge in [0.05, 0.1) is 6.61 Å². The number of halogens is 9. The van der Waals surface area contributed by atoms with Gasteiger partial charge in [-0.25, -0.2) is 17.9 Å². The number of hydrogen-bond acceptors (Lipinski definition) is 4. The molecule has 0 aromatic carbocycles. The maximum atomic E-state index is 12.8. The summed E-state index contributed by atoms with van der Waals surface area (Å²) in [6.07, 6.45) is -5.91. The molecule has 0 rings (SSSR count). The van der Waals surface area contributed by atoms with E-state index in [1.54, 1.807) is 6.92 Å². The largest absolute Gasteiger partial charge is 0.463 e. The quantitative estimate of drug-likeness (QED) is 0.385. The first-order valence-electron chi connectivity index (χ1n) is 6.35. The summed E-state index contributed by atoms with van der Waals surface area (Å²) >= 11 is 0. The number of ether oxygens (including phenoxy) is 1. The van der Waals surface area contributed by atoms with Gasteiger partial charge in [-0.05, 0) is 6.92 Å². The summed E-state index contributed by atoms with van der Waals surface area (Å²) in [7, 11) is -6.42. The molecule has 0 bridgehead atoms. The monoisotopic (exact) mass is 427 g/mol. The average Bonchev–Trinajstić information content (AvgIpc) is 2.46. The third kappa shape index (κ3) is 5.49. The molecule has 0 amide bonds. The first-order chi connectivity index (χ1) is 11.4. The van der Waals surface area contributed by atoms with Crippen molar-refractivity contribution >= 4 is 16.0 Å². The van der Waals surface area contributed by atoms with E-state index in [9.17, 15) is 52.7 Å². The highest BCUT2D eigenvalue weighted by Crippen LogP contribution is 2.54. The molecule has 0 heterocycles. The van der Waals surface area contributed by atoms with Crippen LogP contribution in [0.5, 0.6) is 0 Å². The smallest absolute Gasteiger partial charge is 0.460 e. The molecular formula is C11H14F9NO4S.